The van der Waals surface area contributed by atoms with Gasteiger partial charge in [0, 0.05) is 23.3 Å². The Morgan fingerprint density at radius 2 is 1.72 bits per heavy atom. The molecule has 5 heteroatoms. The van der Waals surface area contributed by atoms with E-state index in [0.717, 1.165) is 33.9 Å². The summed E-state index contributed by atoms with van der Waals surface area (Å²) in [6.45, 7) is 2.16. The van der Waals surface area contributed by atoms with Gasteiger partial charge in [-0.05, 0) is 53.8 Å². The third kappa shape index (κ3) is 4.51. The number of fused-ring (bicyclic) bond motifs is 2. The fourth-order valence-corrected chi connectivity index (χ4v) is 4.50. The SMILES string of the molecule is CC(=O)NCCc1ccccc1Cc1ccc2c(c1)NC(=O)c1ccccc1S2. The molecule has 1 heterocycles. The van der Waals surface area contributed by atoms with Gasteiger partial charge in [0.1, 0.15) is 0 Å². The van der Waals surface area contributed by atoms with Crippen molar-refractivity contribution in [2.24, 2.45) is 0 Å². The lowest BCUT2D eigenvalue weighted by molar-refractivity contribution is -0.118. The number of hydrogen-bond donors (Lipinski definition) is 2. The highest BCUT2D eigenvalue weighted by Crippen LogP contribution is 2.39. The van der Waals surface area contributed by atoms with Crippen molar-refractivity contribution in [1.82, 2.24) is 5.32 Å². The first kappa shape index (κ1) is 19.3. The van der Waals surface area contributed by atoms with Gasteiger partial charge in [0.2, 0.25) is 5.91 Å². The molecule has 29 heavy (non-hydrogen) atoms. The van der Waals surface area contributed by atoms with Crippen LogP contribution in [0.5, 0.6) is 0 Å². The number of anilines is 1. The Hall–Kier alpha value is -3.05. The second-order valence-electron chi connectivity index (χ2n) is 7.06. The largest absolute Gasteiger partial charge is 0.356 e. The minimum Gasteiger partial charge on any atom is -0.356 e. The van der Waals surface area contributed by atoms with Crippen molar-refractivity contribution in [1.29, 1.82) is 0 Å². The second kappa shape index (κ2) is 8.53. The van der Waals surface area contributed by atoms with Gasteiger partial charge >= 0.3 is 0 Å². The summed E-state index contributed by atoms with van der Waals surface area (Å²) in [5.74, 6) is -0.0813. The molecule has 0 atom stereocenters. The van der Waals surface area contributed by atoms with Crippen LogP contribution in [0.1, 0.15) is 34.0 Å². The summed E-state index contributed by atoms with van der Waals surface area (Å²) < 4.78 is 0. The molecule has 1 aliphatic heterocycles. The lowest BCUT2D eigenvalue weighted by Gasteiger charge is -2.12. The molecule has 0 spiro atoms. The van der Waals surface area contributed by atoms with Crippen LogP contribution in [0.4, 0.5) is 5.69 Å². The van der Waals surface area contributed by atoms with Gasteiger partial charge in [0.25, 0.3) is 5.91 Å². The Kier molecular flexibility index (Phi) is 5.67. The molecule has 4 rings (SSSR count). The van der Waals surface area contributed by atoms with Crippen molar-refractivity contribution in [2.45, 2.75) is 29.6 Å². The van der Waals surface area contributed by atoms with Gasteiger partial charge in [-0.15, -0.1) is 0 Å². The van der Waals surface area contributed by atoms with Crippen molar-refractivity contribution in [3.05, 3.63) is 89.0 Å². The molecular weight excluding hydrogens is 380 g/mol. The molecule has 146 valence electrons. The summed E-state index contributed by atoms with van der Waals surface area (Å²) in [5, 5.41) is 5.92. The fourth-order valence-electron chi connectivity index (χ4n) is 3.49. The molecule has 0 aromatic heterocycles. The number of carbonyl (C=O) groups is 2. The first-order valence-corrected chi connectivity index (χ1v) is 10.4. The molecule has 3 aromatic carbocycles. The van der Waals surface area contributed by atoms with E-state index in [0.29, 0.717) is 12.1 Å². The van der Waals surface area contributed by atoms with Crippen LogP contribution < -0.4 is 10.6 Å². The number of rotatable bonds is 5. The van der Waals surface area contributed by atoms with E-state index >= 15 is 0 Å². The van der Waals surface area contributed by atoms with Crippen molar-refractivity contribution < 1.29 is 9.59 Å². The first-order chi connectivity index (χ1) is 14.1. The van der Waals surface area contributed by atoms with Gasteiger partial charge in [-0.3, -0.25) is 9.59 Å². The maximum absolute atomic E-state index is 12.6. The summed E-state index contributed by atoms with van der Waals surface area (Å²) in [6.07, 6.45) is 1.57. The average Bonchev–Trinajstić information content (AvgIpc) is 2.85. The zero-order chi connectivity index (χ0) is 20.2. The first-order valence-electron chi connectivity index (χ1n) is 9.62. The number of benzene rings is 3. The maximum atomic E-state index is 12.6. The Bertz CT molecular complexity index is 1080. The number of carbonyl (C=O) groups excluding carboxylic acids is 2. The predicted molar refractivity (Wildman–Crippen MR) is 117 cm³/mol. The lowest BCUT2D eigenvalue weighted by Crippen LogP contribution is -2.22. The third-order valence-electron chi connectivity index (χ3n) is 4.93. The molecule has 2 N–H and O–H groups in total. The van der Waals surface area contributed by atoms with Crippen LogP contribution in [0.25, 0.3) is 0 Å². The molecule has 0 unspecified atom stereocenters. The van der Waals surface area contributed by atoms with Crippen LogP contribution in [0.15, 0.2) is 76.5 Å². The maximum Gasteiger partial charge on any atom is 0.256 e. The summed E-state index contributed by atoms with van der Waals surface area (Å²) in [7, 11) is 0. The van der Waals surface area contributed by atoms with Crippen LogP contribution in [-0.4, -0.2) is 18.4 Å². The Labute approximate surface area is 174 Å². The summed E-state index contributed by atoms with van der Waals surface area (Å²) >= 11 is 1.62. The molecular formula is C24H22N2O2S. The summed E-state index contributed by atoms with van der Waals surface area (Å²) in [4.78, 5) is 25.8. The fraction of sp³-hybridized carbons (Fsp3) is 0.167. The van der Waals surface area contributed by atoms with Gasteiger partial charge in [-0.2, -0.15) is 0 Å². The highest BCUT2D eigenvalue weighted by molar-refractivity contribution is 7.99. The van der Waals surface area contributed by atoms with Crippen LogP contribution in [0.3, 0.4) is 0 Å². The van der Waals surface area contributed by atoms with Crippen molar-refractivity contribution in [2.75, 3.05) is 11.9 Å². The standard InChI is InChI=1S/C24H22N2O2S/c1-16(27)25-13-12-18-6-2-3-7-19(18)14-17-10-11-23-21(15-17)26-24(28)20-8-4-5-9-22(20)29-23/h2-11,15H,12-14H2,1H3,(H,25,27)(H,26,28). The van der Waals surface area contributed by atoms with E-state index in [2.05, 4.69) is 41.0 Å². The van der Waals surface area contributed by atoms with Gasteiger partial charge < -0.3 is 10.6 Å². The molecule has 0 saturated heterocycles. The lowest BCUT2D eigenvalue weighted by atomic mass is 9.97. The second-order valence-corrected chi connectivity index (χ2v) is 8.15. The van der Waals surface area contributed by atoms with E-state index in [1.807, 2.05) is 36.4 Å². The zero-order valence-electron chi connectivity index (χ0n) is 16.2. The van der Waals surface area contributed by atoms with E-state index in [4.69, 9.17) is 0 Å². The minimum atomic E-state index is -0.0697. The highest BCUT2D eigenvalue weighted by Gasteiger charge is 2.19. The summed E-state index contributed by atoms with van der Waals surface area (Å²) in [5.41, 5.74) is 5.15. The highest BCUT2D eigenvalue weighted by atomic mass is 32.2. The average molecular weight is 403 g/mol. The Morgan fingerprint density at radius 1 is 0.966 bits per heavy atom. The minimum absolute atomic E-state index is 0.0116. The summed E-state index contributed by atoms with van der Waals surface area (Å²) in [6, 6.07) is 22.2. The monoisotopic (exact) mass is 402 g/mol. The molecule has 2 amide bonds. The smallest absolute Gasteiger partial charge is 0.256 e. The topological polar surface area (TPSA) is 58.2 Å². The van der Waals surface area contributed by atoms with Gasteiger partial charge in [-0.1, -0.05) is 54.2 Å². The molecule has 3 aromatic rings. The van der Waals surface area contributed by atoms with E-state index in [9.17, 15) is 9.59 Å². The Balaban J connectivity index is 1.56. The van der Waals surface area contributed by atoms with Crippen molar-refractivity contribution >= 4 is 29.3 Å². The van der Waals surface area contributed by atoms with E-state index in [-0.39, 0.29) is 11.8 Å². The zero-order valence-corrected chi connectivity index (χ0v) is 17.0. The molecule has 4 nitrogen and oxygen atoms in total. The van der Waals surface area contributed by atoms with Crippen LogP contribution >= 0.6 is 11.8 Å². The van der Waals surface area contributed by atoms with Gasteiger partial charge in [0.05, 0.1) is 11.3 Å². The molecule has 0 aliphatic carbocycles. The molecule has 0 bridgehead atoms. The van der Waals surface area contributed by atoms with Gasteiger partial charge in [0.15, 0.2) is 0 Å². The molecule has 0 radical (unpaired) electrons. The molecule has 0 fully saturated rings. The van der Waals surface area contributed by atoms with Crippen LogP contribution in [0, 0.1) is 0 Å². The number of hydrogen-bond acceptors (Lipinski definition) is 3. The van der Waals surface area contributed by atoms with E-state index in [1.165, 1.54) is 18.1 Å². The van der Waals surface area contributed by atoms with Crippen LogP contribution in [-0.2, 0) is 17.6 Å². The molecule has 1 aliphatic rings. The molecule has 0 saturated carbocycles. The number of nitrogens with one attached hydrogen (secondary N) is 2. The predicted octanol–water partition coefficient (Wildman–Crippen LogP) is 4.67. The van der Waals surface area contributed by atoms with E-state index in [1.54, 1.807) is 11.8 Å². The Morgan fingerprint density at radius 3 is 2.55 bits per heavy atom. The van der Waals surface area contributed by atoms with E-state index < -0.39 is 0 Å². The van der Waals surface area contributed by atoms with Crippen molar-refractivity contribution in [3.63, 3.8) is 0 Å². The van der Waals surface area contributed by atoms with Crippen LogP contribution in [0.2, 0.25) is 0 Å². The van der Waals surface area contributed by atoms with Crippen molar-refractivity contribution in [3.8, 4) is 0 Å². The van der Waals surface area contributed by atoms with Gasteiger partial charge in [-0.25, -0.2) is 0 Å². The normalized spacial score (nSPS) is 12.4. The third-order valence-corrected chi connectivity index (χ3v) is 6.08. The number of amides is 2. The quantitative estimate of drug-likeness (QED) is 0.652.